The maximum absolute atomic E-state index is 12.5. The Morgan fingerprint density at radius 3 is 1.41 bits per heavy atom. The van der Waals surface area contributed by atoms with E-state index in [2.05, 4.69) is 9.97 Å². The lowest BCUT2D eigenvalue weighted by Gasteiger charge is -2.30. The highest BCUT2D eigenvalue weighted by Gasteiger charge is 2.45. The lowest BCUT2D eigenvalue weighted by molar-refractivity contribution is -0.139. The van der Waals surface area contributed by atoms with E-state index in [1.54, 1.807) is 0 Å². The van der Waals surface area contributed by atoms with Gasteiger partial charge in [0, 0.05) is 70.5 Å². The van der Waals surface area contributed by atoms with Gasteiger partial charge in [-0.15, -0.1) is 0 Å². The number of carboxylic acid groups (broad SMARTS) is 8. The molecule has 0 saturated heterocycles. The van der Waals surface area contributed by atoms with Crippen molar-refractivity contribution < 1.29 is 79.2 Å². The van der Waals surface area contributed by atoms with Crippen molar-refractivity contribution in [3.8, 4) is 0 Å². The van der Waals surface area contributed by atoms with E-state index in [0.29, 0.717) is 0 Å². The molecular weight excluding hydrogens is 804 g/mol. The van der Waals surface area contributed by atoms with Gasteiger partial charge in [0.2, 0.25) is 0 Å². The van der Waals surface area contributed by atoms with Crippen LogP contribution in [0.5, 0.6) is 0 Å². The Hall–Kier alpha value is -7.38. The molecule has 61 heavy (non-hydrogen) atoms. The second kappa shape index (κ2) is 18.3. The van der Waals surface area contributed by atoms with Crippen molar-refractivity contribution in [3.63, 3.8) is 0 Å². The Morgan fingerprint density at radius 2 is 0.951 bits per heavy atom. The predicted octanol–water partition coefficient (Wildman–Crippen LogP) is 4.23. The monoisotopic (exact) mass is 846 g/mol. The van der Waals surface area contributed by atoms with E-state index in [9.17, 15) is 79.2 Å². The van der Waals surface area contributed by atoms with E-state index in [1.807, 2.05) is 0 Å². The third-order valence-electron chi connectivity index (χ3n) is 10.8. The fourth-order valence-corrected chi connectivity index (χ4v) is 8.15. The van der Waals surface area contributed by atoms with Gasteiger partial charge in [0.1, 0.15) is 0 Å². The molecule has 5 heterocycles. The number of hydrogen-bond acceptors (Lipinski definition) is 10. The van der Waals surface area contributed by atoms with Crippen LogP contribution in [-0.2, 0) is 69.5 Å². The summed E-state index contributed by atoms with van der Waals surface area (Å²) in [5, 5.41) is 79.1. The quantitative estimate of drug-likeness (QED) is 0.0760. The van der Waals surface area contributed by atoms with Gasteiger partial charge in [0.15, 0.2) is 0 Å². The van der Waals surface area contributed by atoms with E-state index in [1.165, 1.54) is 31.2 Å². The lowest BCUT2D eigenvalue weighted by atomic mass is 9.70. The van der Waals surface area contributed by atoms with Crippen molar-refractivity contribution in [2.75, 3.05) is 0 Å². The molecule has 0 aromatic carbocycles. The average Bonchev–Trinajstić information content (AvgIpc) is 3.79. The number of hydrogen-bond donors (Lipinski definition) is 10. The van der Waals surface area contributed by atoms with Gasteiger partial charge >= 0.3 is 47.8 Å². The summed E-state index contributed by atoms with van der Waals surface area (Å²) in [7, 11) is 0. The Bertz CT molecular complexity index is 2570. The number of carbonyl (C=O) groups is 8. The molecule has 10 N–H and O–H groups in total. The normalized spacial score (nSPS) is 16.0. The standard InChI is InChI=1S/C41H42N4O16/c1-41(17-40(60)61)24(5-9-36(52)53)31-15-29-22(11-38(56)57)19(3-7-34(48)49)27(43-29)14-28-21(10-37(54)55)18(2-6-33(46)47)25(42-28)13-26-20(4-8-35(50)51)23(12-39(58)59)30(44-26)16-32(41)45-31/h13-16,24,43-44H,2-12,17H2,1H3,(H,46,47)(H,48,49)(H,50,51)(H,52,53)(H,54,55)(H,56,57)(H,58,59)(H,60,61)/t24-,41+/m1/s1. The van der Waals surface area contributed by atoms with E-state index in [-0.39, 0.29) is 104 Å². The number of nitrogens with one attached hydrogen (secondary N) is 2. The number of rotatable bonds is 20. The topological polar surface area (TPSA) is 356 Å². The van der Waals surface area contributed by atoms with Gasteiger partial charge in [-0.05, 0) is 83.3 Å². The molecule has 3 aromatic heterocycles. The molecular formula is C41H42N4O16. The molecule has 3 aromatic rings. The van der Waals surface area contributed by atoms with Gasteiger partial charge in [-0.1, -0.05) is 6.92 Å². The zero-order valence-corrected chi connectivity index (χ0v) is 32.6. The van der Waals surface area contributed by atoms with E-state index < -0.39 is 110 Å². The minimum absolute atomic E-state index is 0.0224. The number of aryl methyl sites for hydroxylation is 2. The second-order valence-corrected chi connectivity index (χ2v) is 15.0. The summed E-state index contributed by atoms with van der Waals surface area (Å²) >= 11 is 0. The first-order chi connectivity index (χ1) is 28.7. The molecule has 5 rings (SSSR count). The first-order valence-electron chi connectivity index (χ1n) is 18.9. The lowest BCUT2D eigenvalue weighted by Crippen LogP contribution is -2.30. The zero-order chi connectivity index (χ0) is 44.9. The van der Waals surface area contributed by atoms with Crippen molar-refractivity contribution in [1.82, 2.24) is 19.9 Å². The zero-order valence-electron chi connectivity index (χ0n) is 32.6. The summed E-state index contributed by atoms with van der Waals surface area (Å²) in [5.41, 5.74) is -0.195. The van der Waals surface area contributed by atoms with Crippen LogP contribution in [0.3, 0.4) is 0 Å². The first-order valence-corrected chi connectivity index (χ1v) is 18.9. The van der Waals surface area contributed by atoms with Crippen LogP contribution in [0.2, 0.25) is 0 Å². The Labute approximate surface area is 344 Å². The molecule has 20 heteroatoms. The number of H-pyrrole nitrogens is 2. The maximum Gasteiger partial charge on any atom is 0.307 e. The number of aromatic nitrogens is 4. The van der Waals surface area contributed by atoms with Crippen LogP contribution < -0.4 is 0 Å². The maximum atomic E-state index is 12.5. The van der Waals surface area contributed by atoms with Gasteiger partial charge in [0.25, 0.3) is 0 Å². The minimum Gasteiger partial charge on any atom is -0.481 e. The first kappa shape index (κ1) is 44.7. The highest BCUT2D eigenvalue weighted by atomic mass is 16.4. The molecule has 2 aliphatic heterocycles. The summed E-state index contributed by atoms with van der Waals surface area (Å²) in [6.45, 7) is 1.54. The molecule has 322 valence electrons. The molecule has 20 nitrogen and oxygen atoms in total. The number of nitrogens with zero attached hydrogens (tertiary/aromatic N) is 2. The number of aromatic amines is 2. The van der Waals surface area contributed by atoms with Crippen LogP contribution in [0.1, 0.15) is 109 Å². The molecule has 0 saturated carbocycles. The Morgan fingerprint density at radius 1 is 0.508 bits per heavy atom. The van der Waals surface area contributed by atoms with Crippen molar-refractivity contribution in [1.29, 1.82) is 0 Å². The summed E-state index contributed by atoms with van der Waals surface area (Å²) in [6, 6.07) is 5.55. The summed E-state index contributed by atoms with van der Waals surface area (Å²) < 4.78 is 0. The van der Waals surface area contributed by atoms with Gasteiger partial charge in [-0.25, -0.2) is 4.98 Å². The third kappa shape index (κ3) is 10.4. The van der Waals surface area contributed by atoms with Gasteiger partial charge in [0.05, 0.1) is 37.1 Å². The molecule has 2 aliphatic rings. The van der Waals surface area contributed by atoms with Crippen LogP contribution in [0.4, 0.5) is 0 Å². The van der Waals surface area contributed by atoms with E-state index in [4.69, 9.17) is 9.97 Å². The molecule has 0 radical (unpaired) electrons. The van der Waals surface area contributed by atoms with Gasteiger partial charge < -0.3 is 50.8 Å². The largest absolute Gasteiger partial charge is 0.481 e. The Kier molecular flexibility index (Phi) is 13.4. The van der Waals surface area contributed by atoms with Gasteiger partial charge in [-0.3, -0.25) is 43.3 Å². The third-order valence-corrected chi connectivity index (χ3v) is 10.8. The smallest absolute Gasteiger partial charge is 0.307 e. The van der Waals surface area contributed by atoms with Crippen LogP contribution >= 0.6 is 0 Å². The summed E-state index contributed by atoms with van der Waals surface area (Å²) in [5.74, 6) is -11.2. The van der Waals surface area contributed by atoms with Crippen LogP contribution in [0.25, 0.3) is 33.2 Å². The molecule has 0 unspecified atom stereocenters. The van der Waals surface area contributed by atoms with Crippen molar-refractivity contribution in [2.45, 2.75) is 95.3 Å². The highest BCUT2D eigenvalue weighted by Crippen LogP contribution is 2.48. The number of carboxylic acids is 8. The molecule has 0 amide bonds. The highest BCUT2D eigenvalue weighted by molar-refractivity contribution is 6.00. The van der Waals surface area contributed by atoms with E-state index >= 15 is 0 Å². The molecule has 0 fully saturated rings. The van der Waals surface area contributed by atoms with Crippen molar-refractivity contribution in [2.24, 2.45) is 0 Å². The van der Waals surface area contributed by atoms with E-state index in [0.717, 1.165) is 0 Å². The summed E-state index contributed by atoms with van der Waals surface area (Å²) in [6.07, 6.45) is -5.46. The number of allylic oxidation sites excluding steroid dienone is 1. The SMILES string of the molecule is C[C@@]1(CC(=O)O)c2cc3[nH]c(cc4nc(cc5[nH]c(cc(n2)[C@H]1CCC(=O)O)c(CC(=O)O)c5CCC(=O)O)C(CC(=O)O)=C4CCC(=O)O)c(CCC(=O)O)c3CC(=O)O. The minimum atomic E-state index is -1.49. The summed E-state index contributed by atoms with van der Waals surface area (Å²) in [4.78, 5) is 113. The average molecular weight is 847 g/mol. The molecule has 8 bridgehead atoms. The predicted molar refractivity (Wildman–Crippen MR) is 211 cm³/mol. The molecule has 0 spiro atoms. The second-order valence-electron chi connectivity index (χ2n) is 15.0. The molecule has 0 aliphatic carbocycles. The number of aliphatic carboxylic acids is 8. The molecule has 2 atom stereocenters. The van der Waals surface area contributed by atoms with Crippen LogP contribution in [0.15, 0.2) is 24.3 Å². The Balaban J connectivity index is 2.10. The van der Waals surface area contributed by atoms with Crippen molar-refractivity contribution >= 4 is 81.0 Å². The van der Waals surface area contributed by atoms with Crippen molar-refractivity contribution in [3.05, 3.63) is 69.3 Å². The van der Waals surface area contributed by atoms with Crippen LogP contribution in [0, 0.1) is 0 Å². The van der Waals surface area contributed by atoms with Gasteiger partial charge in [-0.2, -0.15) is 0 Å². The fraction of sp³-hybridized carbons (Fsp3) is 0.366. The number of fused-ring (bicyclic) bond motifs is 8. The fourth-order valence-electron chi connectivity index (χ4n) is 8.15. The van der Waals surface area contributed by atoms with Crippen LogP contribution in [-0.4, -0.2) is 109 Å².